The van der Waals surface area contributed by atoms with Crippen molar-refractivity contribution in [1.29, 1.82) is 0 Å². The first-order valence-electron chi connectivity index (χ1n) is 8.58. The van der Waals surface area contributed by atoms with E-state index in [9.17, 15) is 0 Å². The van der Waals surface area contributed by atoms with Gasteiger partial charge in [0.2, 0.25) is 0 Å². The third kappa shape index (κ3) is 10.5. The number of nitrogens with zero attached hydrogens (tertiary/aromatic N) is 3. The van der Waals surface area contributed by atoms with Gasteiger partial charge in [0, 0.05) is 32.7 Å². The van der Waals surface area contributed by atoms with E-state index >= 15 is 0 Å². The van der Waals surface area contributed by atoms with Gasteiger partial charge in [0.25, 0.3) is 0 Å². The number of aliphatic hydroxyl groups is 1. The highest BCUT2D eigenvalue weighted by Gasteiger charge is 2.10. The first kappa shape index (κ1) is 19.8. The van der Waals surface area contributed by atoms with Crippen LogP contribution in [0.4, 0.5) is 0 Å². The van der Waals surface area contributed by atoms with E-state index in [-0.39, 0.29) is 6.61 Å². The zero-order valence-corrected chi connectivity index (χ0v) is 14.5. The van der Waals surface area contributed by atoms with Gasteiger partial charge < -0.3 is 29.3 Å². The van der Waals surface area contributed by atoms with E-state index < -0.39 is 0 Å². The molecule has 1 N–H and O–H groups in total. The van der Waals surface area contributed by atoms with E-state index in [1.807, 2.05) is 7.05 Å². The zero-order valence-electron chi connectivity index (χ0n) is 14.5. The average molecular weight is 317 g/mol. The van der Waals surface area contributed by atoms with E-state index in [0.717, 1.165) is 45.9 Å². The molecular formula is C16H35N3O3. The molecule has 0 saturated carbocycles. The second kappa shape index (κ2) is 13.2. The smallest absolute Gasteiger partial charge is 0.0701 e. The van der Waals surface area contributed by atoms with Crippen LogP contribution in [-0.2, 0) is 9.47 Å². The molecule has 0 aromatic carbocycles. The molecule has 0 atom stereocenters. The lowest BCUT2D eigenvalue weighted by atomic mass is 10.4. The van der Waals surface area contributed by atoms with Gasteiger partial charge in [0.15, 0.2) is 0 Å². The van der Waals surface area contributed by atoms with Crippen LogP contribution in [-0.4, -0.2) is 113 Å². The van der Waals surface area contributed by atoms with Gasteiger partial charge in [0.1, 0.15) is 0 Å². The largest absolute Gasteiger partial charge is 0.395 e. The Hall–Kier alpha value is -0.240. The van der Waals surface area contributed by atoms with Crippen LogP contribution < -0.4 is 0 Å². The van der Waals surface area contributed by atoms with Crippen molar-refractivity contribution in [2.45, 2.75) is 12.8 Å². The summed E-state index contributed by atoms with van der Waals surface area (Å²) in [6.45, 7) is 10.3. The fourth-order valence-corrected chi connectivity index (χ4v) is 2.48. The summed E-state index contributed by atoms with van der Waals surface area (Å²) in [5, 5.41) is 8.84. The number of hydrogen-bond donors (Lipinski definition) is 1. The molecule has 0 aromatic heterocycles. The molecule has 132 valence electrons. The van der Waals surface area contributed by atoms with E-state index in [1.54, 1.807) is 0 Å². The van der Waals surface area contributed by atoms with Gasteiger partial charge in [-0.2, -0.15) is 0 Å². The Morgan fingerprint density at radius 2 is 1.41 bits per heavy atom. The minimum Gasteiger partial charge on any atom is -0.395 e. The normalized spacial score (nSPS) is 16.2. The summed E-state index contributed by atoms with van der Waals surface area (Å²) >= 11 is 0. The third-order valence-corrected chi connectivity index (χ3v) is 4.09. The van der Waals surface area contributed by atoms with Crippen LogP contribution >= 0.6 is 0 Å². The lowest BCUT2D eigenvalue weighted by Crippen LogP contribution is -2.34. The molecule has 1 fully saturated rings. The van der Waals surface area contributed by atoms with Crippen molar-refractivity contribution in [1.82, 2.24) is 14.7 Å². The van der Waals surface area contributed by atoms with Crippen molar-refractivity contribution < 1.29 is 14.6 Å². The molecule has 0 aromatic rings. The lowest BCUT2D eigenvalue weighted by molar-refractivity contribution is 0.0343. The molecule has 1 saturated heterocycles. The number of hydrogen-bond acceptors (Lipinski definition) is 6. The Morgan fingerprint density at radius 1 is 0.818 bits per heavy atom. The van der Waals surface area contributed by atoms with Crippen LogP contribution in [0.15, 0.2) is 0 Å². The summed E-state index contributed by atoms with van der Waals surface area (Å²) in [6, 6.07) is 0. The Morgan fingerprint density at radius 3 is 2.05 bits per heavy atom. The molecule has 1 aliphatic rings. The van der Waals surface area contributed by atoms with Crippen molar-refractivity contribution in [3.05, 3.63) is 0 Å². The molecule has 0 aliphatic carbocycles. The quantitative estimate of drug-likeness (QED) is 0.454. The maximum atomic E-state index is 8.84. The summed E-state index contributed by atoms with van der Waals surface area (Å²) in [5.74, 6) is 0. The first-order valence-corrected chi connectivity index (χ1v) is 8.58. The molecule has 0 bridgehead atoms. The number of likely N-dealkylation sites (N-methyl/N-ethyl adjacent to an activating group) is 2. The predicted molar refractivity (Wildman–Crippen MR) is 89.4 cm³/mol. The van der Waals surface area contributed by atoms with Crippen LogP contribution in [0.5, 0.6) is 0 Å². The SMILES string of the molecule is CN(CCO)CCN(C)CCOCCOCCN1CCCC1. The second-order valence-electron chi connectivity index (χ2n) is 6.10. The maximum absolute atomic E-state index is 8.84. The molecule has 22 heavy (non-hydrogen) atoms. The van der Waals surface area contributed by atoms with E-state index in [0.29, 0.717) is 13.2 Å². The first-order chi connectivity index (χ1) is 10.7. The highest BCUT2D eigenvalue weighted by atomic mass is 16.5. The molecule has 0 spiro atoms. The topological polar surface area (TPSA) is 48.4 Å². The van der Waals surface area contributed by atoms with Crippen LogP contribution in [0.25, 0.3) is 0 Å². The van der Waals surface area contributed by atoms with E-state index in [2.05, 4.69) is 21.7 Å². The lowest BCUT2D eigenvalue weighted by Gasteiger charge is -2.21. The number of rotatable bonds is 14. The maximum Gasteiger partial charge on any atom is 0.0701 e. The fraction of sp³-hybridized carbons (Fsp3) is 1.00. The third-order valence-electron chi connectivity index (χ3n) is 4.09. The van der Waals surface area contributed by atoms with Gasteiger partial charge in [-0.05, 0) is 40.0 Å². The monoisotopic (exact) mass is 317 g/mol. The van der Waals surface area contributed by atoms with Gasteiger partial charge in [-0.3, -0.25) is 0 Å². The van der Waals surface area contributed by atoms with Crippen LogP contribution in [0.3, 0.4) is 0 Å². The van der Waals surface area contributed by atoms with Crippen LogP contribution in [0, 0.1) is 0 Å². The molecule has 0 amide bonds. The second-order valence-corrected chi connectivity index (χ2v) is 6.10. The summed E-state index contributed by atoms with van der Waals surface area (Å²) in [6.07, 6.45) is 2.68. The van der Waals surface area contributed by atoms with Crippen LogP contribution in [0.2, 0.25) is 0 Å². The number of likely N-dealkylation sites (tertiary alicyclic amines) is 1. The highest BCUT2D eigenvalue weighted by Crippen LogP contribution is 2.05. The number of aliphatic hydroxyl groups excluding tert-OH is 1. The van der Waals surface area contributed by atoms with Crippen molar-refractivity contribution in [2.75, 3.05) is 92.9 Å². The molecule has 1 rings (SSSR count). The average Bonchev–Trinajstić information content (AvgIpc) is 3.01. The summed E-state index contributed by atoms with van der Waals surface area (Å²) in [4.78, 5) is 6.84. The fourth-order valence-electron chi connectivity index (χ4n) is 2.48. The molecule has 1 heterocycles. The molecule has 1 aliphatic heterocycles. The Kier molecular flexibility index (Phi) is 11.9. The van der Waals surface area contributed by atoms with Gasteiger partial charge in [-0.25, -0.2) is 0 Å². The Bertz CT molecular complexity index is 251. The highest BCUT2D eigenvalue weighted by molar-refractivity contribution is 4.65. The number of ether oxygens (including phenoxy) is 2. The standard InChI is InChI=1S/C16H35N3O3/c1-17(9-12-20)7-8-18(2)10-13-21-15-16-22-14-11-19-5-3-4-6-19/h20H,3-16H2,1-2H3. The zero-order chi connectivity index (χ0) is 16.0. The van der Waals surface area contributed by atoms with Crippen molar-refractivity contribution >= 4 is 0 Å². The van der Waals surface area contributed by atoms with Gasteiger partial charge in [0.05, 0.1) is 33.0 Å². The van der Waals surface area contributed by atoms with Gasteiger partial charge in [-0.1, -0.05) is 0 Å². The minimum atomic E-state index is 0.223. The van der Waals surface area contributed by atoms with E-state index in [1.165, 1.54) is 25.9 Å². The Labute approximate surface area is 136 Å². The van der Waals surface area contributed by atoms with Gasteiger partial charge in [-0.15, -0.1) is 0 Å². The molecule has 0 radical (unpaired) electrons. The van der Waals surface area contributed by atoms with Crippen molar-refractivity contribution in [3.63, 3.8) is 0 Å². The molecule has 6 nitrogen and oxygen atoms in total. The van der Waals surface area contributed by atoms with Crippen LogP contribution in [0.1, 0.15) is 12.8 Å². The summed E-state index contributed by atoms with van der Waals surface area (Å²) < 4.78 is 11.2. The van der Waals surface area contributed by atoms with E-state index in [4.69, 9.17) is 14.6 Å². The van der Waals surface area contributed by atoms with Crippen molar-refractivity contribution in [3.8, 4) is 0 Å². The van der Waals surface area contributed by atoms with Gasteiger partial charge >= 0.3 is 0 Å². The molecule has 0 unspecified atom stereocenters. The molecular weight excluding hydrogens is 282 g/mol. The summed E-state index contributed by atoms with van der Waals surface area (Å²) in [7, 11) is 4.13. The predicted octanol–water partition coefficient (Wildman–Crippen LogP) is -0.0287. The minimum absolute atomic E-state index is 0.223. The molecule has 6 heteroatoms. The van der Waals surface area contributed by atoms with Crippen molar-refractivity contribution in [2.24, 2.45) is 0 Å². The summed E-state index contributed by atoms with van der Waals surface area (Å²) in [5.41, 5.74) is 0. The Balaban J connectivity index is 1.80.